The van der Waals surface area contributed by atoms with Crippen molar-refractivity contribution in [3.8, 4) is 0 Å². The fourth-order valence-corrected chi connectivity index (χ4v) is 0.170. The molecule has 10 heavy (non-hydrogen) atoms. The van der Waals surface area contributed by atoms with E-state index < -0.39 is 17.5 Å². The second kappa shape index (κ2) is 2.42. The van der Waals surface area contributed by atoms with Gasteiger partial charge in [-0.25, -0.2) is 9.59 Å². The molecule has 0 rings (SSSR count). The first kappa shape index (κ1) is 8.54. The molecule has 56 valence electrons. The summed E-state index contributed by atoms with van der Waals surface area (Å²) < 4.78 is 0. The molecule has 6 heteroatoms. The van der Waals surface area contributed by atoms with Crippen molar-refractivity contribution in [1.82, 2.24) is 0 Å². The summed E-state index contributed by atoms with van der Waals surface area (Å²) in [7, 11) is 0. The first-order valence-corrected chi connectivity index (χ1v) is 2.26. The first-order valence-electron chi connectivity index (χ1n) is 2.26. The molecule has 0 atom stereocenters. The minimum absolute atomic E-state index is 0.713. The van der Waals surface area contributed by atoms with Crippen LogP contribution in [0, 0.1) is 4.91 Å². The van der Waals surface area contributed by atoms with Crippen LogP contribution in [0.3, 0.4) is 0 Å². The Morgan fingerprint density at radius 3 is 1.60 bits per heavy atom. The van der Waals surface area contributed by atoms with Gasteiger partial charge in [-0.15, -0.1) is 4.91 Å². The van der Waals surface area contributed by atoms with Gasteiger partial charge in [0, 0.05) is 0 Å². The molecule has 0 spiro atoms. The molecule has 0 amide bonds. The number of nitroso groups, excluding NO2 is 1. The Hall–Kier alpha value is -1.46. The molecule has 0 unspecified atom stereocenters. The summed E-state index contributed by atoms with van der Waals surface area (Å²) in [6.07, 6.45) is 0. The number of rotatable bonds is 3. The summed E-state index contributed by atoms with van der Waals surface area (Å²) in [6.45, 7) is 0.713. The fourth-order valence-electron chi connectivity index (χ4n) is 0.170. The van der Waals surface area contributed by atoms with Crippen molar-refractivity contribution in [3.05, 3.63) is 4.91 Å². The van der Waals surface area contributed by atoms with Crippen molar-refractivity contribution >= 4 is 11.9 Å². The lowest BCUT2D eigenvalue weighted by molar-refractivity contribution is -0.155. The number of hydrogen-bond donors (Lipinski definition) is 2. The summed E-state index contributed by atoms with van der Waals surface area (Å²) in [6, 6.07) is 0. The third-order valence-electron chi connectivity index (χ3n) is 1.02. The molecule has 0 fully saturated rings. The predicted octanol–water partition coefficient (Wildman–Crippen LogP) is -0.319. The molecule has 0 saturated heterocycles. The van der Waals surface area contributed by atoms with E-state index in [4.69, 9.17) is 10.2 Å². The Labute approximate surface area is 55.4 Å². The molecular weight excluding hydrogens is 142 g/mol. The smallest absolute Gasteiger partial charge is 0.346 e. The molecule has 0 aliphatic heterocycles. The van der Waals surface area contributed by atoms with Gasteiger partial charge in [-0.05, 0) is 12.1 Å². The van der Waals surface area contributed by atoms with Crippen LogP contribution in [0.5, 0.6) is 0 Å². The van der Waals surface area contributed by atoms with Gasteiger partial charge >= 0.3 is 11.9 Å². The largest absolute Gasteiger partial charge is 0.479 e. The molecule has 0 aromatic rings. The number of nitrogens with zero attached hydrogens (tertiary/aromatic N) is 1. The first-order chi connectivity index (χ1) is 4.45. The van der Waals surface area contributed by atoms with E-state index in [0.29, 0.717) is 6.92 Å². The van der Waals surface area contributed by atoms with Crippen molar-refractivity contribution in [2.24, 2.45) is 5.18 Å². The fraction of sp³-hybridized carbons (Fsp3) is 0.500. The summed E-state index contributed by atoms with van der Waals surface area (Å²) in [5.41, 5.74) is -2.56. The van der Waals surface area contributed by atoms with Crippen molar-refractivity contribution in [3.63, 3.8) is 0 Å². The SMILES string of the molecule is CC(N=O)(C(=O)O)C(=O)O. The lowest BCUT2D eigenvalue weighted by atomic mass is 10.1. The number of hydrogen-bond acceptors (Lipinski definition) is 4. The van der Waals surface area contributed by atoms with E-state index in [1.807, 2.05) is 5.18 Å². The topological polar surface area (TPSA) is 104 Å². The van der Waals surface area contributed by atoms with Gasteiger partial charge in [-0.3, -0.25) is 0 Å². The molecule has 0 heterocycles. The van der Waals surface area contributed by atoms with Gasteiger partial charge in [-0.1, -0.05) is 0 Å². The zero-order valence-corrected chi connectivity index (χ0v) is 5.07. The minimum Gasteiger partial charge on any atom is -0.479 e. The number of carboxylic acids is 2. The van der Waals surface area contributed by atoms with Crippen molar-refractivity contribution in [2.75, 3.05) is 0 Å². The van der Waals surface area contributed by atoms with E-state index in [1.165, 1.54) is 0 Å². The maximum Gasteiger partial charge on any atom is 0.346 e. The summed E-state index contributed by atoms with van der Waals surface area (Å²) in [5.74, 6) is -3.54. The molecule has 6 nitrogen and oxygen atoms in total. The monoisotopic (exact) mass is 147 g/mol. The van der Waals surface area contributed by atoms with E-state index >= 15 is 0 Å². The molecule has 2 N–H and O–H groups in total. The van der Waals surface area contributed by atoms with Crippen molar-refractivity contribution in [1.29, 1.82) is 0 Å². The van der Waals surface area contributed by atoms with Crippen molar-refractivity contribution < 1.29 is 19.8 Å². The summed E-state index contributed by atoms with van der Waals surface area (Å²) in [4.78, 5) is 29.7. The van der Waals surface area contributed by atoms with Crippen LogP contribution in [-0.4, -0.2) is 27.7 Å². The molecular formula is C4H5NO5. The number of carbonyl (C=O) groups is 2. The van der Waals surface area contributed by atoms with Crippen LogP contribution in [0.2, 0.25) is 0 Å². The van der Waals surface area contributed by atoms with E-state index in [9.17, 15) is 14.5 Å². The predicted molar refractivity (Wildman–Crippen MR) is 29.5 cm³/mol. The molecule has 0 bridgehead atoms. The van der Waals surface area contributed by atoms with Gasteiger partial charge in [0.1, 0.15) is 0 Å². The third kappa shape index (κ3) is 1.09. The second-order valence-corrected chi connectivity index (χ2v) is 1.77. The van der Waals surface area contributed by atoms with E-state index in [-0.39, 0.29) is 0 Å². The van der Waals surface area contributed by atoms with Crippen LogP contribution in [0.4, 0.5) is 0 Å². The molecule has 0 aromatic heterocycles. The highest BCUT2D eigenvalue weighted by Crippen LogP contribution is 2.09. The summed E-state index contributed by atoms with van der Waals surface area (Å²) in [5, 5.41) is 18.2. The van der Waals surface area contributed by atoms with Crippen LogP contribution in [0.1, 0.15) is 6.92 Å². The van der Waals surface area contributed by atoms with E-state index in [1.54, 1.807) is 0 Å². The van der Waals surface area contributed by atoms with E-state index in [2.05, 4.69) is 0 Å². The Morgan fingerprint density at radius 2 is 1.60 bits per heavy atom. The average molecular weight is 147 g/mol. The maximum atomic E-state index is 10.0. The van der Waals surface area contributed by atoms with Gasteiger partial charge in [0.25, 0.3) is 5.54 Å². The van der Waals surface area contributed by atoms with Gasteiger partial charge in [0.2, 0.25) is 0 Å². The summed E-state index contributed by atoms with van der Waals surface area (Å²) >= 11 is 0. The molecule has 0 saturated carbocycles. The highest BCUT2D eigenvalue weighted by molar-refractivity contribution is 6.02. The highest BCUT2D eigenvalue weighted by atomic mass is 16.4. The molecule has 0 aliphatic rings. The van der Waals surface area contributed by atoms with Gasteiger partial charge < -0.3 is 10.2 Å². The Bertz CT molecular complexity index is 172. The average Bonchev–Trinajstić information content (AvgIpc) is 1.85. The standard InChI is InChI=1S/C4H5NO5/c1-4(5-10,2(6)7)3(8)9/h1H3,(H,6,7)(H,8,9). The van der Waals surface area contributed by atoms with Crippen LogP contribution in [-0.2, 0) is 9.59 Å². The van der Waals surface area contributed by atoms with Crippen LogP contribution in [0.15, 0.2) is 5.18 Å². The zero-order valence-electron chi connectivity index (χ0n) is 5.07. The molecule has 0 radical (unpaired) electrons. The Morgan fingerprint density at radius 1 is 1.30 bits per heavy atom. The highest BCUT2D eigenvalue weighted by Gasteiger charge is 2.43. The van der Waals surface area contributed by atoms with Crippen LogP contribution >= 0.6 is 0 Å². The van der Waals surface area contributed by atoms with Gasteiger partial charge in [-0.2, -0.15) is 0 Å². The maximum absolute atomic E-state index is 10.0. The van der Waals surface area contributed by atoms with Gasteiger partial charge in [0.15, 0.2) is 0 Å². The second-order valence-electron chi connectivity index (χ2n) is 1.77. The molecule has 0 aromatic carbocycles. The third-order valence-corrected chi connectivity index (χ3v) is 1.02. The Kier molecular flexibility index (Phi) is 2.07. The van der Waals surface area contributed by atoms with Gasteiger partial charge in [0.05, 0.1) is 0 Å². The van der Waals surface area contributed by atoms with Crippen LogP contribution < -0.4 is 0 Å². The minimum atomic E-state index is -2.56. The lowest BCUT2D eigenvalue weighted by Crippen LogP contribution is -2.41. The lowest BCUT2D eigenvalue weighted by Gasteiger charge is -2.07. The number of carboxylic acid groups (broad SMARTS) is 2. The quantitative estimate of drug-likeness (QED) is 0.420. The zero-order chi connectivity index (χ0) is 8.36. The molecule has 0 aliphatic carbocycles. The number of aliphatic carboxylic acids is 2. The van der Waals surface area contributed by atoms with Crippen LogP contribution in [0.25, 0.3) is 0 Å². The van der Waals surface area contributed by atoms with Crippen molar-refractivity contribution in [2.45, 2.75) is 12.5 Å². The Balaban J connectivity index is 4.72. The van der Waals surface area contributed by atoms with E-state index in [0.717, 1.165) is 0 Å². The normalized spacial score (nSPS) is 10.5.